The Kier molecular flexibility index (Phi) is 6.69. The molecular formula is C36H36O6. The van der Waals surface area contributed by atoms with Gasteiger partial charge in [-0.05, 0) is 103 Å². The van der Waals surface area contributed by atoms with Crippen molar-refractivity contribution in [1.82, 2.24) is 0 Å². The van der Waals surface area contributed by atoms with Gasteiger partial charge in [0.25, 0.3) is 0 Å². The van der Waals surface area contributed by atoms with Gasteiger partial charge < -0.3 is 19.7 Å². The lowest BCUT2D eigenvalue weighted by Crippen LogP contribution is -2.52. The smallest absolute Gasteiger partial charge is 0.340 e. The molecule has 8 rings (SSSR count). The van der Waals surface area contributed by atoms with Crippen LogP contribution < -0.4 is 0 Å². The summed E-state index contributed by atoms with van der Waals surface area (Å²) in [5.74, 6) is 0.719. The molecule has 42 heavy (non-hydrogen) atoms. The van der Waals surface area contributed by atoms with Crippen LogP contribution in [0.5, 0.6) is 5.75 Å². The van der Waals surface area contributed by atoms with E-state index in [0.29, 0.717) is 36.4 Å². The predicted molar refractivity (Wildman–Crippen MR) is 158 cm³/mol. The van der Waals surface area contributed by atoms with Crippen molar-refractivity contribution in [2.24, 2.45) is 23.2 Å². The van der Waals surface area contributed by atoms with Gasteiger partial charge in [0.15, 0.2) is 0 Å². The molecule has 2 aromatic carbocycles. The second-order valence-electron chi connectivity index (χ2n) is 12.1. The van der Waals surface area contributed by atoms with Crippen LogP contribution in [-0.4, -0.2) is 28.8 Å². The number of carbonyl (C=O) groups excluding carboxylic acids is 2. The van der Waals surface area contributed by atoms with Crippen LogP contribution in [0.4, 0.5) is 0 Å². The average molecular weight is 565 g/mol. The van der Waals surface area contributed by atoms with Crippen molar-refractivity contribution < 1.29 is 29.3 Å². The van der Waals surface area contributed by atoms with E-state index >= 15 is 0 Å². The molecule has 4 atom stereocenters. The summed E-state index contributed by atoms with van der Waals surface area (Å²) in [5, 5.41) is 20.2. The van der Waals surface area contributed by atoms with Gasteiger partial charge >= 0.3 is 11.9 Å². The monoisotopic (exact) mass is 564 g/mol. The minimum Gasteiger partial charge on any atom is -0.508 e. The number of ether oxygens (including phenoxy) is 2. The molecule has 4 aliphatic carbocycles. The standard InChI is InChI=1S/C36H36O6/c1-2-3-11-28-26-16-15-25-24-17-18-36(32(25)31(26)34(39)41-28)29(12-7-8-19-37)42-35(40)33(36)30(24)27-20-22(38)13-14-23(27)21-9-5-4-6-10-21/h4-6,9-14,20,24-25,32,37-38H,2-3,7-8,15-19H2,1H3/b28-11-,29-12-/t24-,25+,32-,36-/m1/s1. The van der Waals surface area contributed by atoms with Crippen LogP contribution in [0.2, 0.25) is 0 Å². The highest BCUT2D eigenvalue weighted by Crippen LogP contribution is 2.72. The Morgan fingerprint density at radius 2 is 1.79 bits per heavy atom. The number of aliphatic hydroxyl groups is 1. The van der Waals surface area contributed by atoms with Crippen LogP contribution in [0.15, 0.2) is 88.9 Å². The maximum atomic E-state index is 14.0. The number of cyclic esters (lactones) is 2. The maximum absolute atomic E-state index is 14.0. The number of phenols is 1. The third kappa shape index (κ3) is 3.88. The summed E-state index contributed by atoms with van der Waals surface area (Å²) >= 11 is 0. The van der Waals surface area contributed by atoms with E-state index in [0.717, 1.165) is 65.5 Å². The second kappa shape index (κ2) is 10.4. The Morgan fingerprint density at radius 3 is 2.57 bits per heavy atom. The van der Waals surface area contributed by atoms with Crippen molar-refractivity contribution in [3.8, 4) is 16.9 Å². The van der Waals surface area contributed by atoms with E-state index < -0.39 is 5.41 Å². The third-order valence-corrected chi connectivity index (χ3v) is 10.0. The van der Waals surface area contributed by atoms with Crippen molar-refractivity contribution in [2.75, 3.05) is 6.61 Å². The molecule has 2 fully saturated rings. The number of rotatable bonds is 7. The summed E-state index contributed by atoms with van der Waals surface area (Å²) in [4.78, 5) is 27.7. The molecule has 1 saturated heterocycles. The number of hydrogen-bond acceptors (Lipinski definition) is 6. The number of fused-ring (bicyclic) bond motifs is 1. The number of phenolic OH excluding ortho intramolecular Hbond substituents is 1. The van der Waals surface area contributed by atoms with Gasteiger partial charge in [-0.15, -0.1) is 0 Å². The molecule has 0 amide bonds. The summed E-state index contributed by atoms with van der Waals surface area (Å²) in [5.41, 5.74) is 5.33. The fourth-order valence-corrected chi connectivity index (χ4v) is 8.48. The maximum Gasteiger partial charge on any atom is 0.340 e. The van der Waals surface area contributed by atoms with E-state index in [1.54, 1.807) is 12.1 Å². The number of hydrogen-bond donors (Lipinski definition) is 2. The number of aromatic hydroxyl groups is 1. The zero-order valence-electron chi connectivity index (χ0n) is 23.9. The highest BCUT2D eigenvalue weighted by Gasteiger charge is 2.68. The van der Waals surface area contributed by atoms with Gasteiger partial charge in [-0.1, -0.05) is 49.7 Å². The normalized spacial score (nSPS) is 29.6. The van der Waals surface area contributed by atoms with E-state index in [2.05, 4.69) is 6.92 Å². The van der Waals surface area contributed by atoms with E-state index in [-0.39, 0.29) is 42.0 Å². The lowest BCUT2D eigenvalue weighted by Gasteiger charge is -2.56. The SMILES string of the molecule is CCC/C=C1\OC(=O)C2=C1CC[C@H]1[C@H]3CC[C@]4(C(=C3c3cc(O)ccc3-c3ccccc3)C(=O)O/C4=C\CCCO)[C@@H]21. The molecule has 0 radical (unpaired) electrons. The van der Waals surface area contributed by atoms with Crippen molar-refractivity contribution in [3.63, 3.8) is 0 Å². The van der Waals surface area contributed by atoms with E-state index in [1.165, 1.54) is 0 Å². The Bertz CT molecular complexity index is 1590. The molecule has 6 nitrogen and oxygen atoms in total. The van der Waals surface area contributed by atoms with Gasteiger partial charge in [-0.25, -0.2) is 9.59 Å². The zero-order valence-corrected chi connectivity index (χ0v) is 23.9. The Hall–Kier alpha value is -3.90. The number of benzene rings is 2. The first-order valence-corrected chi connectivity index (χ1v) is 15.3. The second-order valence-corrected chi connectivity index (χ2v) is 12.1. The minimum atomic E-state index is -0.791. The number of allylic oxidation sites excluding steroid dienone is 5. The summed E-state index contributed by atoms with van der Waals surface area (Å²) in [7, 11) is 0. The molecule has 0 unspecified atom stereocenters. The summed E-state index contributed by atoms with van der Waals surface area (Å²) < 4.78 is 12.1. The molecule has 216 valence electrons. The van der Waals surface area contributed by atoms with Gasteiger partial charge in [0.2, 0.25) is 0 Å². The fraction of sp³-hybridized carbons (Fsp3) is 0.389. The van der Waals surface area contributed by atoms with Crippen molar-refractivity contribution in [2.45, 2.75) is 58.3 Å². The molecule has 2 N–H and O–H groups in total. The van der Waals surface area contributed by atoms with Crippen molar-refractivity contribution in [1.29, 1.82) is 0 Å². The van der Waals surface area contributed by atoms with Crippen LogP contribution in [0, 0.1) is 23.2 Å². The summed E-state index contributed by atoms with van der Waals surface area (Å²) in [6, 6.07) is 15.5. The summed E-state index contributed by atoms with van der Waals surface area (Å²) in [6.07, 6.45) is 10.1. The highest BCUT2D eigenvalue weighted by molar-refractivity contribution is 6.07. The molecule has 6 aliphatic rings. The molecule has 1 saturated carbocycles. The minimum absolute atomic E-state index is 0.0333. The van der Waals surface area contributed by atoms with Crippen LogP contribution in [0.25, 0.3) is 16.7 Å². The highest BCUT2D eigenvalue weighted by atomic mass is 16.5. The first-order chi connectivity index (χ1) is 20.5. The fourth-order valence-electron chi connectivity index (χ4n) is 8.48. The van der Waals surface area contributed by atoms with Gasteiger partial charge in [0, 0.05) is 23.7 Å². The number of unbranched alkanes of at least 4 members (excludes halogenated alkanes) is 2. The Labute approximate surface area is 246 Å². The van der Waals surface area contributed by atoms with Gasteiger partial charge in [-0.2, -0.15) is 0 Å². The lowest BCUT2D eigenvalue weighted by atomic mass is 9.44. The molecular weight excluding hydrogens is 528 g/mol. The first-order valence-electron chi connectivity index (χ1n) is 15.3. The summed E-state index contributed by atoms with van der Waals surface area (Å²) in [6.45, 7) is 2.15. The largest absolute Gasteiger partial charge is 0.508 e. The molecule has 2 aliphatic heterocycles. The Morgan fingerprint density at radius 1 is 0.952 bits per heavy atom. The molecule has 2 aromatic rings. The lowest BCUT2D eigenvalue weighted by molar-refractivity contribution is -0.135. The quantitative estimate of drug-likeness (QED) is 0.278. The van der Waals surface area contributed by atoms with Crippen LogP contribution in [0.1, 0.15) is 63.9 Å². The van der Waals surface area contributed by atoms with E-state index in [9.17, 15) is 19.8 Å². The first kappa shape index (κ1) is 27.0. The number of carbonyl (C=O) groups is 2. The molecule has 2 heterocycles. The van der Waals surface area contributed by atoms with Crippen molar-refractivity contribution >= 4 is 17.5 Å². The topological polar surface area (TPSA) is 93.1 Å². The van der Waals surface area contributed by atoms with Crippen molar-refractivity contribution in [3.05, 3.63) is 94.5 Å². The van der Waals surface area contributed by atoms with Crippen LogP contribution in [-0.2, 0) is 19.1 Å². The zero-order chi connectivity index (χ0) is 29.0. The molecule has 2 bridgehead atoms. The predicted octanol–water partition coefficient (Wildman–Crippen LogP) is 7.00. The van der Waals surface area contributed by atoms with Gasteiger partial charge in [0.05, 0.1) is 11.0 Å². The third-order valence-electron chi connectivity index (χ3n) is 10.0. The molecule has 6 heteroatoms. The van der Waals surface area contributed by atoms with Gasteiger partial charge in [0.1, 0.15) is 17.3 Å². The van der Waals surface area contributed by atoms with Gasteiger partial charge in [-0.3, -0.25) is 0 Å². The van der Waals surface area contributed by atoms with E-state index in [1.807, 2.05) is 48.6 Å². The molecule has 0 aromatic heterocycles. The average Bonchev–Trinajstić information content (AvgIpc) is 3.49. The Balaban J connectivity index is 1.49. The van der Waals surface area contributed by atoms with Crippen LogP contribution in [0.3, 0.4) is 0 Å². The van der Waals surface area contributed by atoms with E-state index in [4.69, 9.17) is 9.47 Å². The number of esters is 2. The number of aliphatic hydroxyl groups excluding tert-OH is 1. The molecule has 1 spiro atoms. The van der Waals surface area contributed by atoms with Crippen LogP contribution >= 0.6 is 0 Å².